The van der Waals surface area contributed by atoms with Gasteiger partial charge in [-0.1, -0.05) is 0 Å². The van der Waals surface area contributed by atoms with E-state index in [1.807, 2.05) is 0 Å². The lowest BCUT2D eigenvalue weighted by atomic mass is 9.98. The predicted molar refractivity (Wildman–Crippen MR) is 178 cm³/mol. The largest absolute Gasteiger partial charge is 0.508 e. The molecule has 304 valence electrons. The van der Waals surface area contributed by atoms with Crippen LogP contribution in [0.3, 0.4) is 0 Å². The highest BCUT2D eigenvalue weighted by Crippen LogP contribution is 2.45. The quantitative estimate of drug-likeness (QED) is 0.0934. The van der Waals surface area contributed by atoms with Gasteiger partial charge in [-0.25, -0.2) is 0 Å². The first kappa shape index (κ1) is 40.7. The summed E-state index contributed by atoms with van der Waals surface area (Å²) < 4.78 is 45.1. The normalized spacial score (nSPS) is 36.8. The Morgan fingerprint density at radius 1 is 0.673 bits per heavy atom. The Morgan fingerprint density at radius 3 is 1.85 bits per heavy atom. The van der Waals surface area contributed by atoms with E-state index >= 15 is 0 Å². The Bertz CT molecular complexity index is 1850. The van der Waals surface area contributed by atoms with Crippen LogP contribution in [0.25, 0.3) is 22.3 Å². The molecule has 21 nitrogen and oxygen atoms in total. The summed E-state index contributed by atoms with van der Waals surface area (Å²) in [5.74, 6) is -2.90. The molecule has 3 aliphatic rings. The third-order valence-corrected chi connectivity index (χ3v) is 9.59. The van der Waals surface area contributed by atoms with E-state index in [9.17, 15) is 66.1 Å². The second-order valence-electron chi connectivity index (χ2n) is 13.2. The van der Waals surface area contributed by atoms with E-state index in [1.54, 1.807) is 0 Å². The average molecular weight is 787 g/mol. The van der Waals surface area contributed by atoms with Crippen molar-refractivity contribution in [2.24, 2.45) is 0 Å². The molecule has 0 bridgehead atoms. The Hall–Kier alpha value is -3.91. The minimum atomic E-state index is -1.95. The van der Waals surface area contributed by atoms with Crippen molar-refractivity contribution >= 4 is 11.0 Å². The number of methoxy groups -OCH3 is 1. The molecular weight excluding hydrogens is 744 g/mol. The summed E-state index contributed by atoms with van der Waals surface area (Å²) in [5.41, 5.74) is -1.48. The van der Waals surface area contributed by atoms with Crippen LogP contribution in [0.4, 0.5) is 0 Å². The Kier molecular flexibility index (Phi) is 12.1. The number of rotatable bonds is 10. The second-order valence-corrected chi connectivity index (χ2v) is 13.2. The molecule has 3 fully saturated rings. The average Bonchev–Trinajstić information content (AvgIpc) is 3.16. The minimum Gasteiger partial charge on any atom is -0.508 e. The van der Waals surface area contributed by atoms with Gasteiger partial charge < -0.3 is 98.9 Å². The maximum absolute atomic E-state index is 14.1. The van der Waals surface area contributed by atoms with E-state index in [0.29, 0.717) is 0 Å². The first-order valence-corrected chi connectivity index (χ1v) is 16.9. The lowest BCUT2D eigenvalue weighted by Crippen LogP contribution is -2.61. The number of hydrogen-bond donors (Lipinski definition) is 12. The van der Waals surface area contributed by atoms with Gasteiger partial charge in [-0.3, -0.25) is 4.79 Å². The summed E-state index contributed by atoms with van der Waals surface area (Å²) in [6, 6.07) is 5.97. The fraction of sp³-hybridized carbons (Fsp3) is 0.559. The highest BCUT2D eigenvalue weighted by Gasteiger charge is 2.48. The van der Waals surface area contributed by atoms with Crippen molar-refractivity contribution < 1.29 is 98.9 Å². The van der Waals surface area contributed by atoms with Gasteiger partial charge in [0.25, 0.3) is 0 Å². The SMILES string of the molecule is COc1c(OC2OC(COC3OC(C)C(O)C(O)C3O)C(O)C(O)C2O)cc(O)c2c(=O)c(OC3OC(CO)C(O)C(O)C3O)c(-c3ccc(O)cc3)oc12. The zero-order valence-corrected chi connectivity index (χ0v) is 29.0. The molecule has 0 saturated carbocycles. The van der Waals surface area contributed by atoms with Crippen LogP contribution in [0.2, 0.25) is 0 Å². The summed E-state index contributed by atoms with van der Waals surface area (Å²) in [6.45, 7) is 0.00474. The van der Waals surface area contributed by atoms with E-state index in [0.717, 1.165) is 13.2 Å². The number of hydrogen-bond acceptors (Lipinski definition) is 21. The molecular formula is C34H42O21. The van der Waals surface area contributed by atoms with Crippen LogP contribution in [0.15, 0.2) is 39.5 Å². The number of fused-ring (bicyclic) bond motifs is 1. The monoisotopic (exact) mass is 786 g/mol. The van der Waals surface area contributed by atoms with Crippen LogP contribution < -0.4 is 19.6 Å². The maximum atomic E-state index is 14.1. The first-order valence-electron chi connectivity index (χ1n) is 16.9. The molecule has 15 atom stereocenters. The van der Waals surface area contributed by atoms with E-state index in [-0.39, 0.29) is 17.1 Å². The van der Waals surface area contributed by atoms with Gasteiger partial charge in [0.05, 0.1) is 26.4 Å². The van der Waals surface area contributed by atoms with Crippen LogP contribution in [0.1, 0.15) is 6.92 Å². The molecule has 0 spiro atoms. The molecule has 2 aromatic carbocycles. The van der Waals surface area contributed by atoms with Crippen molar-refractivity contribution in [3.8, 4) is 40.1 Å². The Balaban J connectivity index is 1.35. The summed E-state index contributed by atoms with van der Waals surface area (Å²) in [6.07, 6.45) is -25.0. The summed E-state index contributed by atoms with van der Waals surface area (Å²) in [7, 11) is 1.13. The molecule has 4 heterocycles. The van der Waals surface area contributed by atoms with Crippen LogP contribution in [0, 0.1) is 0 Å². The van der Waals surface area contributed by atoms with Crippen LogP contribution >= 0.6 is 0 Å². The van der Waals surface area contributed by atoms with E-state index in [2.05, 4.69) is 0 Å². The minimum absolute atomic E-state index is 0.0822. The zero-order valence-electron chi connectivity index (χ0n) is 29.0. The van der Waals surface area contributed by atoms with Crippen molar-refractivity contribution in [2.45, 2.75) is 99.0 Å². The number of aromatic hydroxyl groups is 2. The summed E-state index contributed by atoms with van der Waals surface area (Å²) in [5, 5.41) is 124. The van der Waals surface area contributed by atoms with Gasteiger partial charge in [-0.05, 0) is 31.2 Å². The fourth-order valence-corrected chi connectivity index (χ4v) is 6.37. The highest BCUT2D eigenvalue weighted by atomic mass is 16.7. The summed E-state index contributed by atoms with van der Waals surface area (Å²) in [4.78, 5) is 14.1. The van der Waals surface area contributed by atoms with Crippen molar-refractivity contribution in [2.75, 3.05) is 20.3 Å². The zero-order chi connectivity index (χ0) is 40.0. The number of aliphatic hydroxyl groups is 10. The van der Waals surface area contributed by atoms with Gasteiger partial charge in [0.2, 0.25) is 29.5 Å². The third-order valence-electron chi connectivity index (χ3n) is 9.59. The van der Waals surface area contributed by atoms with Crippen molar-refractivity contribution in [1.29, 1.82) is 0 Å². The van der Waals surface area contributed by atoms with Crippen molar-refractivity contribution in [3.63, 3.8) is 0 Å². The van der Waals surface area contributed by atoms with E-state index in [4.69, 9.17) is 37.6 Å². The molecule has 3 aliphatic heterocycles. The number of ether oxygens (including phenoxy) is 7. The fourth-order valence-electron chi connectivity index (χ4n) is 6.37. The number of aliphatic hydroxyl groups excluding tert-OH is 10. The molecule has 0 aliphatic carbocycles. The van der Waals surface area contributed by atoms with Gasteiger partial charge in [0.15, 0.2) is 23.4 Å². The highest BCUT2D eigenvalue weighted by molar-refractivity contribution is 5.93. The summed E-state index contributed by atoms with van der Waals surface area (Å²) >= 11 is 0. The maximum Gasteiger partial charge on any atom is 0.239 e. The number of phenols is 2. The lowest BCUT2D eigenvalue weighted by molar-refractivity contribution is -0.318. The second kappa shape index (κ2) is 16.3. The third kappa shape index (κ3) is 7.65. The standard InChI is InChI=1S/C34H42O21/c1-10-18(38)22(42)25(45)32(50-10)49-9-16-20(40)24(44)26(46)33(53-16)51-14-7-13(37)17-21(41)31(55-34-27(47)23(43)19(39)15(8-35)52-34)28(54-30(17)29(14)48-2)11-3-5-12(36)6-4-11/h3-7,10,15-16,18-20,22-27,32-40,42-47H,8-9H2,1-2H3. The van der Waals surface area contributed by atoms with Crippen LogP contribution in [-0.2, 0) is 18.9 Å². The Morgan fingerprint density at radius 2 is 1.24 bits per heavy atom. The molecule has 21 heteroatoms. The molecule has 12 N–H and O–H groups in total. The molecule has 55 heavy (non-hydrogen) atoms. The van der Waals surface area contributed by atoms with E-state index in [1.165, 1.54) is 31.2 Å². The number of benzene rings is 2. The molecule has 0 radical (unpaired) electrons. The van der Waals surface area contributed by atoms with Crippen LogP contribution in [0.5, 0.6) is 28.7 Å². The lowest BCUT2D eigenvalue weighted by Gasteiger charge is -2.42. The van der Waals surface area contributed by atoms with Gasteiger partial charge in [-0.2, -0.15) is 0 Å². The first-order chi connectivity index (χ1) is 26.1. The van der Waals surface area contributed by atoms with Crippen molar-refractivity contribution in [3.05, 3.63) is 40.6 Å². The van der Waals surface area contributed by atoms with E-state index < -0.39 is 145 Å². The molecule has 15 unspecified atom stereocenters. The number of phenolic OH excluding ortho intramolecular Hbond substituents is 2. The van der Waals surface area contributed by atoms with Crippen LogP contribution in [-0.4, -0.2) is 174 Å². The van der Waals surface area contributed by atoms with Gasteiger partial charge in [-0.15, -0.1) is 0 Å². The predicted octanol–water partition coefficient (Wildman–Crippen LogP) is -3.91. The molecule has 3 aromatic rings. The molecule has 3 saturated heterocycles. The van der Waals surface area contributed by atoms with Gasteiger partial charge in [0.1, 0.15) is 84.0 Å². The Labute approximate surface area is 309 Å². The molecule has 1 aromatic heterocycles. The van der Waals surface area contributed by atoms with Gasteiger partial charge in [0, 0.05) is 11.6 Å². The topological polar surface area (TPSA) is 338 Å². The van der Waals surface area contributed by atoms with Gasteiger partial charge >= 0.3 is 0 Å². The smallest absolute Gasteiger partial charge is 0.239 e. The molecule has 0 amide bonds. The van der Waals surface area contributed by atoms with Crippen molar-refractivity contribution in [1.82, 2.24) is 0 Å². The molecule has 6 rings (SSSR count).